The number of rotatable bonds is 5. The van der Waals surface area contributed by atoms with Gasteiger partial charge in [0.05, 0.1) is 5.02 Å². The summed E-state index contributed by atoms with van der Waals surface area (Å²) >= 11 is 6.28. The summed E-state index contributed by atoms with van der Waals surface area (Å²) in [6.45, 7) is 5.89. The van der Waals surface area contributed by atoms with E-state index < -0.39 is 0 Å². The molecule has 0 unspecified atom stereocenters. The molecule has 0 radical (unpaired) electrons. The lowest BCUT2D eigenvalue weighted by molar-refractivity contribution is 0.0499. The first-order valence-corrected chi connectivity index (χ1v) is 11.2. The Morgan fingerprint density at radius 2 is 1.81 bits per heavy atom. The maximum Gasteiger partial charge on any atom is 0.290 e. The Bertz CT molecular complexity index is 1080. The average Bonchev–Trinajstić information content (AvgIpc) is 3.15. The first kappa shape index (κ1) is 21.4. The van der Waals surface area contributed by atoms with E-state index in [-0.39, 0.29) is 17.9 Å². The number of carbonyl (C=O) groups excluding carboxylic acids is 2. The predicted octanol–water partition coefficient (Wildman–Crippen LogP) is 5.55. The lowest BCUT2D eigenvalue weighted by Crippen LogP contribution is -2.49. The van der Waals surface area contributed by atoms with Crippen molar-refractivity contribution in [2.45, 2.75) is 39.2 Å². The third-order valence-corrected chi connectivity index (χ3v) is 6.35. The highest BCUT2D eigenvalue weighted by atomic mass is 35.5. The Morgan fingerprint density at radius 3 is 2.45 bits per heavy atom. The van der Waals surface area contributed by atoms with Crippen LogP contribution >= 0.6 is 11.6 Å². The Labute approximate surface area is 187 Å². The van der Waals surface area contributed by atoms with Crippen molar-refractivity contribution in [3.63, 3.8) is 0 Å². The highest BCUT2D eigenvalue weighted by Gasteiger charge is 2.32. The van der Waals surface area contributed by atoms with Crippen molar-refractivity contribution in [2.75, 3.05) is 19.6 Å². The smallest absolute Gasteiger partial charge is 0.290 e. The second-order valence-electron chi connectivity index (χ2n) is 8.06. The molecule has 5 nitrogen and oxygen atoms in total. The number of amides is 2. The lowest BCUT2D eigenvalue weighted by Gasteiger charge is -2.38. The van der Waals surface area contributed by atoms with Gasteiger partial charge in [0.25, 0.3) is 11.8 Å². The monoisotopic (exact) mass is 438 g/mol. The molecule has 3 aromatic rings. The van der Waals surface area contributed by atoms with Gasteiger partial charge in [-0.05, 0) is 44.4 Å². The van der Waals surface area contributed by atoms with Gasteiger partial charge in [0.1, 0.15) is 0 Å². The zero-order valence-electron chi connectivity index (χ0n) is 17.9. The number of para-hydroxylation sites is 1. The third kappa shape index (κ3) is 4.19. The van der Waals surface area contributed by atoms with E-state index in [2.05, 4.69) is 6.92 Å². The molecule has 1 aliphatic rings. The summed E-state index contributed by atoms with van der Waals surface area (Å²) in [5, 5.41) is 1.38. The minimum absolute atomic E-state index is 0.0511. The van der Waals surface area contributed by atoms with Gasteiger partial charge < -0.3 is 14.2 Å². The normalized spacial score (nSPS) is 14.7. The van der Waals surface area contributed by atoms with Crippen LogP contribution in [-0.2, 0) is 0 Å². The number of aryl methyl sites for hydroxylation is 1. The molecule has 2 aromatic carbocycles. The van der Waals surface area contributed by atoms with Gasteiger partial charge in [-0.2, -0.15) is 0 Å². The molecule has 1 saturated heterocycles. The molecular weight excluding hydrogens is 412 g/mol. The number of fused-ring (bicyclic) bond motifs is 1. The fourth-order valence-electron chi connectivity index (χ4n) is 4.38. The van der Waals surface area contributed by atoms with Crippen LogP contribution in [0.1, 0.15) is 52.7 Å². The van der Waals surface area contributed by atoms with Crippen molar-refractivity contribution in [2.24, 2.45) is 0 Å². The van der Waals surface area contributed by atoms with E-state index in [0.717, 1.165) is 30.2 Å². The largest absolute Gasteiger partial charge is 0.449 e. The van der Waals surface area contributed by atoms with Crippen LogP contribution in [0.4, 0.5) is 0 Å². The molecule has 1 aliphatic heterocycles. The molecule has 0 N–H and O–H groups in total. The van der Waals surface area contributed by atoms with Gasteiger partial charge in [-0.3, -0.25) is 9.59 Å². The Balaban J connectivity index is 1.51. The summed E-state index contributed by atoms with van der Waals surface area (Å²) in [6.07, 6.45) is 2.36. The van der Waals surface area contributed by atoms with Crippen molar-refractivity contribution < 1.29 is 14.0 Å². The van der Waals surface area contributed by atoms with Gasteiger partial charge >= 0.3 is 0 Å². The number of halogens is 1. The van der Waals surface area contributed by atoms with E-state index in [1.807, 2.05) is 59.2 Å². The Hall–Kier alpha value is -2.79. The van der Waals surface area contributed by atoms with Crippen LogP contribution in [0.3, 0.4) is 0 Å². The molecule has 2 amide bonds. The van der Waals surface area contributed by atoms with E-state index in [1.165, 1.54) is 0 Å². The van der Waals surface area contributed by atoms with Crippen LogP contribution in [0.15, 0.2) is 52.9 Å². The van der Waals surface area contributed by atoms with E-state index in [4.69, 9.17) is 16.0 Å². The number of likely N-dealkylation sites (tertiary alicyclic amines) is 1. The molecule has 0 spiro atoms. The summed E-state index contributed by atoms with van der Waals surface area (Å²) in [4.78, 5) is 30.0. The summed E-state index contributed by atoms with van der Waals surface area (Å²) in [7, 11) is 0. The summed E-state index contributed by atoms with van der Waals surface area (Å²) in [5.41, 5.74) is 2.09. The van der Waals surface area contributed by atoms with E-state index in [0.29, 0.717) is 41.6 Å². The first-order chi connectivity index (χ1) is 15.0. The highest BCUT2D eigenvalue weighted by molar-refractivity contribution is 6.35. The first-order valence-electron chi connectivity index (χ1n) is 10.8. The van der Waals surface area contributed by atoms with Crippen molar-refractivity contribution in [3.8, 4) is 0 Å². The summed E-state index contributed by atoms with van der Waals surface area (Å²) in [5.74, 6) is 0.314. The maximum absolute atomic E-state index is 13.5. The standard InChI is InChI=1S/C25H27ClN2O3/c1-3-14-28(25(30)22-17(2)20-10-7-11-21(26)23(20)31-22)19-12-15-27(16-13-19)24(29)18-8-5-4-6-9-18/h4-11,19H,3,12-16H2,1-2H3. The van der Waals surface area contributed by atoms with Crippen LogP contribution < -0.4 is 0 Å². The van der Waals surface area contributed by atoms with Gasteiger partial charge in [0.2, 0.25) is 0 Å². The van der Waals surface area contributed by atoms with Crippen LogP contribution in [0.2, 0.25) is 5.02 Å². The number of hydrogen-bond donors (Lipinski definition) is 0. The second kappa shape index (κ2) is 9.15. The van der Waals surface area contributed by atoms with Gasteiger partial charge in [-0.25, -0.2) is 0 Å². The minimum atomic E-state index is -0.0977. The zero-order valence-corrected chi connectivity index (χ0v) is 18.7. The van der Waals surface area contributed by atoms with Crippen molar-refractivity contribution in [1.29, 1.82) is 0 Å². The highest BCUT2D eigenvalue weighted by Crippen LogP contribution is 2.32. The van der Waals surface area contributed by atoms with Gasteiger partial charge in [0.15, 0.2) is 11.3 Å². The van der Waals surface area contributed by atoms with Crippen molar-refractivity contribution in [3.05, 3.63) is 70.4 Å². The van der Waals surface area contributed by atoms with Crippen LogP contribution in [0.5, 0.6) is 0 Å². The van der Waals surface area contributed by atoms with E-state index in [1.54, 1.807) is 6.07 Å². The number of nitrogens with zero attached hydrogens (tertiary/aromatic N) is 2. The zero-order chi connectivity index (χ0) is 22.0. The van der Waals surface area contributed by atoms with Crippen LogP contribution in [0.25, 0.3) is 11.0 Å². The quantitative estimate of drug-likeness (QED) is 0.524. The molecule has 2 heterocycles. The number of hydrogen-bond acceptors (Lipinski definition) is 3. The lowest BCUT2D eigenvalue weighted by atomic mass is 10.0. The second-order valence-corrected chi connectivity index (χ2v) is 8.47. The molecule has 4 rings (SSSR count). The maximum atomic E-state index is 13.5. The molecule has 1 aromatic heterocycles. The summed E-state index contributed by atoms with van der Waals surface area (Å²) < 4.78 is 5.94. The molecular formula is C25H27ClN2O3. The number of piperidine rings is 1. The van der Waals surface area contributed by atoms with Gasteiger partial charge in [-0.15, -0.1) is 0 Å². The van der Waals surface area contributed by atoms with Crippen molar-refractivity contribution >= 4 is 34.4 Å². The number of benzene rings is 2. The Kier molecular flexibility index (Phi) is 6.33. The fraction of sp³-hybridized carbons (Fsp3) is 0.360. The Morgan fingerprint density at radius 1 is 1.10 bits per heavy atom. The minimum Gasteiger partial charge on any atom is -0.449 e. The molecule has 31 heavy (non-hydrogen) atoms. The molecule has 162 valence electrons. The van der Waals surface area contributed by atoms with E-state index >= 15 is 0 Å². The molecule has 6 heteroatoms. The molecule has 0 bridgehead atoms. The molecule has 0 saturated carbocycles. The predicted molar refractivity (Wildman–Crippen MR) is 123 cm³/mol. The average molecular weight is 439 g/mol. The molecule has 0 atom stereocenters. The third-order valence-electron chi connectivity index (χ3n) is 6.05. The van der Waals surface area contributed by atoms with Crippen molar-refractivity contribution in [1.82, 2.24) is 9.80 Å². The van der Waals surface area contributed by atoms with Gasteiger partial charge in [-0.1, -0.05) is 48.9 Å². The molecule has 1 fully saturated rings. The number of furan rings is 1. The van der Waals surface area contributed by atoms with Crippen LogP contribution in [-0.4, -0.2) is 47.3 Å². The topological polar surface area (TPSA) is 53.8 Å². The fourth-order valence-corrected chi connectivity index (χ4v) is 4.59. The molecule has 0 aliphatic carbocycles. The van der Waals surface area contributed by atoms with E-state index in [9.17, 15) is 9.59 Å². The SMILES string of the molecule is CCCN(C(=O)c1oc2c(Cl)cccc2c1C)C1CCN(C(=O)c2ccccc2)CC1. The number of carbonyl (C=O) groups is 2. The van der Waals surface area contributed by atoms with Gasteiger partial charge in [0, 0.05) is 42.2 Å². The summed E-state index contributed by atoms with van der Waals surface area (Å²) in [6, 6.07) is 15.0. The van der Waals surface area contributed by atoms with Crippen LogP contribution in [0, 0.1) is 6.92 Å².